The quantitative estimate of drug-likeness (QED) is 0.468. The number of nitrogens with zero attached hydrogens (tertiary/aromatic N) is 1. The molecule has 3 aromatic rings. The van der Waals surface area contributed by atoms with E-state index in [2.05, 4.69) is 0 Å². The topological polar surface area (TPSA) is 12.5 Å². The predicted molar refractivity (Wildman–Crippen MR) is 107 cm³/mol. The molecule has 0 spiro atoms. The predicted octanol–water partition coefficient (Wildman–Crippen LogP) is 6.33. The molecule has 0 fully saturated rings. The first-order valence-corrected chi connectivity index (χ1v) is 9.08. The van der Waals surface area contributed by atoms with Crippen LogP contribution in [0.1, 0.15) is 22.6 Å². The van der Waals surface area contributed by atoms with Crippen molar-refractivity contribution >= 4 is 28.6 Å². The van der Waals surface area contributed by atoms with Gasteiger partial charge in [-0.1, -0.05) is 48.5 Å². The second kappa shape index (κ2) is 6.95. The monoisotopic (exact) mass is 399 g/mol. The van der Waals surface area contributed by atoms with E-state index in [1.54, 1.807) is 0 Å². The Morgan fingerprint density at radius 3 is 1.93 bits per heavy atom. The van der Waals surface area contributed by atoms with Gasteiger partial charge in [-0.15, -0.1) is 0 Å². The number of benzene rings is 3. The molecule has 0 saturated heterocycles. The van der Waals surface area contributed by atoms with Crippen LogP contribution in [0.3, 0.4) is 0 Å². The zero-order valence-corrected chi connectivity index (χ0v) is 15.7. The maximum atomic E-state index is 13.3. The standard InChI is InChI=1S/C22H16F3NOS/c1-26-17-11-5-2-8-14(17)20(15-9-3-6-12-18(15)26)21(28)27-19-13-7-4-10-16(19)22(23,24)25/h2-13,20H,1H3. The van der Waals surface area contributed by atoms with E-state index in [-0.39, 0.29) is 10.8 Å². The molecule has 142 valence electrons. The van der Waals surface area contributed by atoms with Crippen LogP contribution in [0.25, 0.3) is 0 Å². The molecule has 0 aliphatic carbocycles. The fourth-order valence-corrected chi connectivity index (χ4v) is 3.93. The number of halogens is 3. The lowest BCUT2D eigenvalue weighted by Crippen LogP contribution is -2.28. The van der Waals surface area contributed by atoms with Gasteiger partial charge < -0.3 is 9.64 Å². The molecule has 0 radical (unpaired) electrons. The molecule has 1 heterocycles. The van der Waals surface area contributed by atoms with E-state index >= 15 is 0 Å². The molecule has 3 aromatic carbocycles. The highest BCUT2D eigenvalue weighted by molar-refractivity contribution is 7.80. The minimum absolute atomic E-state index is 0.0877. The molecule has 0 aromatic heterocycles. The van der Waals surface area contributed by atoms with Crippen LogP contribution in [0.4, 0.5) is 24.5 Å². The largest absolute Gasteiger partial charge is 0.449 e. The molecular weight excluding hydrogens is 383 g/mol. The van der Waals surface area contributed by atoms with Crippen molar-refractivity contribution in [3.05, 3.63) is 89.5 Å². The van der Waals surface area contributed by atoms with Crippen LogP contribution in [-0.2, 0) is 6.18 Å². The Bertz CT molecular complexity index is 1000. The van der Waals surface area contributed by atoms with Crippen LogP contribution in [0.2, 0.25) is 0 Å². The summed E-state index contributed by atoms with van der Waals surface area (Å²) in [6.45, 7) is 0. The maximum absolute atomic E-state index is 13.3. The molecule has 28 heavy (non-hydrogen) atoms. The van der Waals surface area contributed by atoms with Crippen LogP contribution >= 0.6 is 12.2 Å². The molecule has 1 aliphatic rings. The average Bonchev–Trinajstić information content (AvgIpc) is 2.68. The van der Waals surface area contributed by atoms with Gasteiger partial charge in [-0.25, -0.2) is 0 Å². The highest BCUT2D eigenvalue weighted by Crippen LogP contribution is 2.46. The first-order valence-electron chi connectivity index (χ1n) is 8.67. The van der Waals surface area contributed by atoms with Crippen molar-refractivity contribution in [1.29, 1.82) is 0 Å². The lowest BCUT2D eigenvalue weighted by atomic mass is 9.85. The minimum atomic E-state index is -4.52. The normalized spacial score (nSPS) is 13.6. The minimum Gasteiger partial charge on any atom is -0.449 e. The summed E-state index contributed by atoms with van der Waals surface area (Å²) in [4.78, 5) is 2.05. The van der Waals surface area contributed by atoms with Crippen molar-refractivity contribution in [1.82, 2.24) is 0 Å². The summed E-state index contributed by atoms with van der Waals surface area (Å²) in [6.07, 6.45) is -4.52. The number of para-hydroxylation sites is 3. The summed E-state index contributed by atoms with van der Waals surface area (Å²) in [6, 6.07) is 20.5. The van der Waals surface area contributed by atoms with E-state index < -0.39 is 17.7 Å². The Morgan fingerprint density at radius 2 is 1.36 bits per heavy atom. The highest BCUT2D eigenvalue weighted by Gasteiger charge is 2.36. The van der Waals surface area contributed by atoms with Crippen LogP contribution in [0.15, 0.2) is 72.8 Å². The van der Waals surface area contributed by atoms with Crippen LogP contribution in [-0.4, -0.2) is 12.1 Å². The molecule has 1 aliphatic heterocycles. The van der Waals surface area contributed by atoms with Gasteiger partial charge in [-0.2, -0.15) is 13.2 Å². The Hall–Kier alpha value is -2.86. The van der Waals surface area contributed by atoms with E-state index in [0.717, 1.165) is 28.6 Å². The lowest BCUT2D eigenvalue weighted by Gasteiger charge is -2.35. The zero-order chi connectivity index (χ0) is 19.9. The van der Waals surface area contributed by atoms with Gasteiger partial charge in [-0.3, -0.25) is 0 Å². The summed E-state index contributed by atoms with van der Waals surface area (Å²) in [5, 5.41) is 0.0877. The first kappa shape index (κ1) is 18.5. The number of rotatable bonds is 2. The number of anilines is 2. The Labute approximate surface area is 166 Å². The molecule has 0 unspecified atom stereocenters. The van der Waals surface area contributed by atoms with Crippen molar-refractivity contribution in [2.75, 3.05) is 11.9 Å². The third kappa shape index (κ3) is 3.14. The number of alkyl halides is 3. The van der Waals surface area contributed by atoms with E-state index in [0.29, 0.717) is 0 Å². The molecule has 4 rings (SSSR count). The molecule has 0 bridgehead atoms. The van der Waals surface area contributed by atoms with Gasteiger partial charge >= 0.3 is 6.18 Å². The number of thiocarbonyl (C=S) groups is 1. The molecule has 0 N–H and O–H groups in total. The molecule has 0 atom stereocenters. The van der Waals surface area contributed by atoms with Crippen molar-refractivity contribution in [3.8, 4) is 5.75 Å². The number of hydrogen-bond acceptors (Lipinski definition) is 3. The summed E-state index contributed by atoms with van der Waals surface area (Å²) >= 11 is 5.52. The third-order valence-electron chi connectivity index (χ3n) is 4.86. The third-order valence-corrected chi connectivity index (χ3v) is 5.18. The van der Waals surface area contributed by atoms with Gasteiger partial charge in [0.05, 0.1) is 11.5 Å². The van der Waals surface area contributed by atoms with Crippen molar-refractivity contribution in [2.24, 2.45) is 0 Å². The number of ether oxygens (including phenoxy) is 1. The van der Waals surface area contributed by atoms with E-state index in [4.69, 9.17) is 17.0 Å². The lowest BCUT2D eigenvalue weighted by molar-refractivity contribution is -0.138. The summed E-state index contributed by atoms with van der Waals surface area (Å²) in [5.41, 5.74) is 2.85. The van der Waals surface area contributed by atoms with Gasteiger partial charge in [0.2, 0.25) is 0 Å². The maximum Gasteiger partial charge on any atom is 0.419 e. The van der Waals surface area contributed by atoms with Crippen molar-refractivity contribution < 1.29 is 17.9 Å². The van der Waals surface area contributed by atoms with Gasteiger partial charge in [0.1, 0.15) is 5.75 Å². The summed E-state index contributed by atoms with van der Waals surface area (Å²) in [5.74, 6) is -0.728. The fourth-order valence-electron chi connectivity index (χ4n) is 3.58. The summed E-state index contributed by atoms with van der Waals surface area (Å²) < 4.78 is 45.7. The molecule has 2 nitrogen and oxygen atoms in total. The SMILES string of the molecule is CN1c2ccccc2C(C(=S)Oc2ccccc2C(F)(F)F)c2ccccc21. The van der Waals surface area contributed by atoms with Gasteiger partial charge in [0, 0.05) is 18.4 Å². The average molecular weight is 399 g/mol. The fraction of sp³-hybridized carbons (Fsp3) is 0.136. The van der Waals surface area contributed by atoms with Crippen LogP contribution in [0, 0.1) is 0 Å². The van der Waals surface area contributed by atoms with E-state index in [9.17, 15) is 13.2 Å². The van der Waals surface area contributed by atoms with Gasteiger partial charge in [0.15, 0.2) is 5.05 Å². The molecule has 0 saturated carbocycles. The van der Waals surface area contributed by atoms with Gasteiger partial charge in [0.25, 0.3) is 0 Å². The molecule has 0 amide bonds. The Kier molecular flexibility index (Phi) is 4.59. The Morgan fingerprint density at radius 1 is 0.857 bits per heavy atom. The first-order chi connectivity index (χ1) is 13.4. The van der Waals surface area contributed by atoms with E-state index in [1.807, 2.05) is 60.5 Å². The zero-order valence-electron chi connectivity index (χ0n) is 14.9. The van der Waals surface area contributed by atoms with Crippen molar-refractivity contribution in [3.63, 3.8) is 0 Å². The number of hydrogen-bond donors (Lipinski definition) is 0. The van der Waals surface area contributed by atoms with Crippen LogP contribution in [0.5, 0.6) is 5.75 Å². The smallest absolute Gasteiger partial charge is 0.419 e. The second-order valence-corrected chi connectivity index (χ2v) is 6.93. The van der Waals surface area contributed by atoms with Gasteiger partial charge in [-0.05, 0) is 47.6 Å². The number of fused-ring (bicyclic) bond motifs is 2. The molecule has 6 heteroatoms. The van der Waals surface area contributed by atoms with Crippen molar-refractivity contribution in [2.45, 2.75) is 12.1 Å². The summed E-state index contributed by atoms with van der Waals surface area (Å²) in [7, 11) is 1.96. The second-order valence-electron chi connectivity index (χ2n) is 6.52. The van der Waals surface area contributed by atoms with Crippen LogP contribution < -0.4 is 9.64 Å². The highest BCUT2D eigenvalue weighted by atomic mass is 32.1. The van der Waals surface area contributed by atoms with E-state index in [1.165, 1.54) is 18.2 Å². The Balaban J connectivity index is 1.79. The molecular formula is C22H16F3NOS.